The molecule has 0 saturated carbocycles. The molecule has 1 saturated heterocycles. The van der Waals surface area contributed by atoms with Crippen LogP contribution in [0.4, 0.5) is 10.5 Å². The topological polar surface area (TPSA) is 66.5 Å². The lowest BCUT2D eigenvalue weighted by molar-refractivity contribution is -0.0634. The van der Waals surface area contributed by atoms with E-state index >= 15 is 0 Å². The molecular formula is C23H27ClN4O2. The molecule has 2 amide bonds. The van der Waals surface area contributed by atoms with Gasteiger partial charge in [-0.15, -0.1) is 0 Å². The van der Waals surface area contributed by atoms with Gasteiger partial charge in [-0.05, 0) is 41.3 Å². The first-order valence-electron chi connectivity index (χ1n) is 10.2. The van der Waals surface area contributed by atoms with E-state index in [1.165, 1.54) is 5.56 Å². The van der Waals surface area contributed by atoms with Crippen LogP contribution < -0.4 is 10.8 Å². The highest BCUT2D eigenvalue weighted by Gasteiger charge is 2.40. The van der Waals surface area contributed by atoms with Gasteiger partial charge < -0.3 is 10.2 Å². The van der Waals surface area contributed by atoms with Gasteiger partial charge in [0.2, 0.25) is 0 Å². The fourth-order valence-electron chi connectivity index (χ4n) is 3.77. The van der Waals surface area contributed by atoms with E-state index in [2.05, 4.69) is 48.7 Å². The molecule has 0 bridgehead atoms. The quantitative estimate of drug-likeness (QED) is 0.711. The first-order valence-corrected chi connectivity index (χ1v) is 10.6. The predicted octanol–water partition coefficient (Wildman–Crippen LogP) is 4.97. The largest absolute Gasteiger partial charge is 0.324 e. The number of anilines is 1. The van der Waals surface area contributed by atoms with Crippen molar-refractivity contribution in [3.05, 3.63) is 65.0 Å². The molecule has 0 atom stereocenters. The lowest BCUT2D eigenvalue weighted by Gasteiger charge is -2.36. The Morgan fingerprint density at radius 2 is 1.90 bits per heavy atom. The van der Waals surface area contributed by atoms with E-state index in [1.54, 1.807) is 18.3 Å². The van der Waals surface area contributed by atoms with Crippen LogP contribution in [0.15, 0.2) is 48.7 Å². The minimum atomic E-state index is -0.443. The van der Waals surface area contributed by atoms with Gasteiger partial charge in [-0.25, -0.2) is 4.79 Å². The third-order valence-corrected chi connectivity index (χ3v) is 5.99. The summed E-state index contributed by atoms with van der Waals surface area (Å²) in [6, 6.07) is 11.6. The van der Waals surface area contributed by atoms with Crippen molar-refractivity contribution in [3.63, 3.8) is 0 Å². The van der Waals surface area contributed by atoms with Gasteiger partial charge in [-0.1, -0.05) is 44.5 Å². The number of hydroxylamine groups is 1. The second-order valence-electron chi connectivity index (χ2n) is 8.91. The van der Waals surface area contributed by atoms with Crippen molar-refractivity contribution >= 4 is 29.0 Å². The summed E-state index contributed by atoms with van der Waals surface area (Å²) in [5, 5.41) is 3.57. The summed E-state index contributed by atoms with van der Waals surface area (Å²) in [6.45, 7) is 7.73. The van der Waals surface area contributed by atoms with Crippen LogP contribution in [0, 0.1) is 0 Å². The number of benzene rings is 1. The molecule has 0 aliphatic carbocycles. The zero-order chi connectivity index (χ0) is 21.4. The number of piperidine rings is 1. The summed E-state index contributed by atoms with van der Waals surface area (Å²) < 4.78 is 0. The number of nitrogens with one attached hydrogen (secondary N) is 2. The molecule has 2 aliphatic heterocycles. The summed E-state index contributed by atoms with van der Waals surface area (Å²) in [4.78, 5) is 24.8. The molecule has 1 fully saturated rings. The van der Waals surface area contributed by atoms with Crippen LogP contribution in [0.25, 0.3) is 5.70 Å². The summed E-state index contributed by atoms with van der Waals surface area (Å²) in [5.74, 6) is 0. The van der Waals surface area contributed by atoms with E-state index < -0.39 is 5.60 Å². The number of likely N-dealkylation sites (tertiary alicyclic amines) is 1. The number of halogens is 1. The number of nitrogens with zero attached hydrogens (tertiary/aromatic N) is 2. The number of carbonyl (C=O) groups is 1. The Morgan fingerprint density at radius 3 is 2.53 bits per heavy atom. The maximum absolute atomic E-state index is 12.7. The van der Waals surface area contributed by atoms with E-state index in [9.17, 15) is 4.79 Å². The number of rotatable bonds is 2. The summed E-state index contributed by atoms with van der Waals surface area (Å²) >= 11 is 6.25. The van der Waals surface area contributed by atoms with Crippen LogP contribution in [-0.4, -0.2) is 34.6 Å². The minimum absolute atomic E-state index is 0.0868. The Labute approximate surface area is 182 Å². The van der Waals surface area contributed by atoms with E-state index in [4.69, 9.17) is 16.4 Å². The molecule has 1 aromatic carbocycles. The Morgan fingerprint density at radius 1 is 1.20 bits per heavy atom. The highest BCUT2D eigenvalue weighted by atomic mass is 35.5. The Balaban J connectivity index is 1.36. The average molecular weight is 427 g/mol. The van der Waals surface area contributed by atoms with Gasteiger partial charge in [-0.2, -0.15) is 0 Å². The highest BCUT2D eigenvalue weighted by molar-refractivity contribution is 6.32. The van der Waals surface area contributed by atoms with Gasteiger partial charge in [0.1, 0.15) is 11.3 Å². The second kappa shape index (κ2) is 7.93. The molecule has 158 valence electrons. The molecule has 7 heteroatoms. The van der Waals surface area contributed by atoms with Crippen molar-refractivity contribution in [2.24, 2.45) is 0 Å². The molecule has 0 unspecified atom stereocenters. The average Bonchev–Trinajstić information content (AvgIpc) is 3.12. The molecule has 1 spiro atoms. The molecule has 6 nitrogen and oxygen atoms in total. The summed E-state index contributed by atoms with van der Waals surface area (Å²) in [5.41, 5.74) is 6.11. The number of hydrogen-bond acceptors (Lipinski definition) is 4. The highest BCUT2D eigenvalue weighted by Crippen LogP contribution is 2.35. The Kier molecular flexibility index (Phi) is 5.47. The van der Waals surface area contributed by atoms with Crippen LogP contribution >= 0.6 is 11.6 Å². The number of pyridine rings is 1. The van der Waals surface area contributed by atoms with Crippen LogP contribution in [0.3, 0.4) is 0 Å². The van der Waals surface area contributed by atoms with Crippen LogP contribution in [0.1, 0.15) is 44.9 Å². The molecule has 2 N–H and O–H groups in total. The zero-order valence-electron chi connectivity index (χ0n) is 17.5. The SMILES string of the molecule is CC(C)(C)c1ccc(NC(=O)N2CCC3(C=C(c4ncccc4Cl)NO3)CC2)cc1. The minimum Gasteiger partial charge on any atom is -0.324 e. The summed E-state index contributed by atoms with van der Waals surface area (Å²) in [6.07, 6.45) is 5.14. The predicted molar refractivity (Wildman–Crippen MR) is 119 cm³/mol. The molecule has 1 aromatic heterocycles. The normalized spacial score (nSPS) is 18.1. The molecule has 2 aromatic rings. The second-order valence-corrected chi connectivity index (χ2v) is 9.31. The number of hydrogen-bond donors (Lipinski definition) is 2. The van der Waals surface area contributed by atoms with Crippen LogP contribution in [-0.2, 0) is 10.3 Å². The molecular weight excluding hydrogens is 400 g/mol. The zero-order valence-corrected chi connectivity index (χ0v) is 18.3. The number of carbonyl (C=O) groups excluding carboxylic acids is 1. The molecule has 2 aliphatic rings. The van der Waals surface area contributed by atoms with E-state index in [0.717, 1.165) is 11.4 Å². The van der Waals surface area contributed by atoms with Gasteiger partial charge in [0.15, 0.2) is 0 Å². The fraction of sp³-hybridized carbons (Fsp3) is 0.391. The fourth-order valence-corrected chi connectivity index (χ4v) is 3.99. The van der Waals surface area contributed by atoms with E-state index in [-0.39, 0.29) is 11.4 Å². The van der Waals surface area contributed by atoms with Crippen LogP contribution in [0.5, 0.6) is 0 Å². The maximum atomic E-state index is 12.7. The molecule has 30 heavy (non-hydrogen) atoms. The Bertz CT molecular complexity index is 958. The molecule has 3 heterocycles. The standard InChI is InChI=1S/C23H27ClN4O2/c1-22(2,3)16-6-8-17(9-7-16)26-21(29)28-13-10-23(11-14-28)15-19(27-30-23)20-18(24)5-4-12-25-20/h4-9,12,15,27H,10-11,13-14H2,1-3H3,(H,26,29). The molecule has 4 rings (SSSR count). The summed E-state index contributed by atoms with van der Waals surface area (Å²) in [7, 11) is 0. The van der Waals surface area contributed by atoms with E-state index in [0.29, 0.717) is 36.6 Å². The smallest absolute Gasteiger partial charge is 0.321 e. The van der Waals surface area contributed by atoms with Gasteiger partial charge in [0.25, 0.3) is 0 Å². The third kappa shape index (κ3) is 4.30. The molecule has 0 radical (unpaired) electrons. The maximum Gasteiger partial charge on any atom is 0.321 e. The van der Waals surface area contributed by atoms with Crippen molar-refractivity contribution in [2.75, 3.05) is 18.4 Å². The first kappa shape index (κ1) is 20.7. The van der Waals surface area contributed by atoms with Crippen LogP contribution in [0.2, 0.25) is 5.02 Å². The lowest BCUT2D eigenvalue weighted by Crippen LogP contribution is -2.48. The van der Waals surface area contributed by atoms with E-state index in [1.807, 2.05) is 23.1 Å². The first-order chi connectivity index (χ1) is 14.3. The monoisotopic (exact) mass is 426 g/mol. The van der Waals surface area contributed by atoms with Gasteiger partial charge in [0.05, 0.1) is 10.7 Å². The van der Waals surface area contributed by atoms with Gasteiger partial charge >= 0.3 is 6.03 Å². The third-order valence-electron chi connectivity index (χ3n) is 5.68. The van der Waals surface area contributed by atoms with Crippen molar-refractivity contribution in [2.45, 2.75) is 44.6 Å². The van der Waals surface area contributed by atoms with Gasteiger partial charge in [-0.3, -0.25) is 15.3 Å². The van der Waals surface area contributed by atoms with Gasteiger partial charge in [0, 0.05) is 37.8 Å². The number of urea groups is 1. The number of amides is 2. The van der Waals surface area contributed by atoms with Crippen molar-refractivity contribution in [3.8, 4) is 0 Å². The number of aromatic nitrogens is 1. The lowest BCUT2D eigenvalue weighted by atomic mass is 9.87. The van der Waals surface area contributed by atoms with Crippen molar-refractivity contribution in [1.29, 1.82) is 0 Å². The van der Waals surface area contributed by atoms with Crippen molar-refractivity contribution < 1.29 is 9.63 Å². The van der Waals surface area contributed by atoms with Crippen molar-refractivity contribution in [1.82, 2.24) is 15.4 Å². The Hall–Kier alpha value is -2.57.